The van der Waals surface area contributed by atoms with E-state index in [-0.39, 0.29) is 25.1 Å². The highest BCUT2D eigenvalue weighted by atomic mass is 32.5. The van der Waals surface area contributed by atoms with Gasteiger partial charge in [-0.05, 0) is 23.6 Å². The molecule has 0 aromatic carbocycles. The molecule has 190 valence electrons. The predicted octanol–water partition coefficient (Wildman–Crippen LogP) is 0.606. The Hall–Kier alpha value is 0.860. The zero-order chi connectivity index (χ0) is 22.7. The summed E-state index contributed by atoms with van der Waals surface area (Å²) in [4.78, 5) is 0. The van der Waals surface area contributed by atoms with E-state index in [4.69, 9.17) is 60.9 Å². The number of hydrogen-bond acceptors (Lipinski definition) is 10. The normalized spacial score (nSPS) is 38.1. The van der Waals surface area contributed by atoms with E-state index in [1.807, 2.05) is 0 Å². The minimum absolute atomic E-state index is 0.167. The fraction of sp³-hybridized carbons (Fsp3) is 1.00. The maximum absolute atomic E-state index is 6.62. The maximum atomic E-state index is 6.62. The number of rotatable bonds is 6. The quantitative estimate of drug-likeness (QED) is 0.438. The SMILES string of the molecule is S=P1(N2CCOCC2)OCC2OCOC(COP(=S)(N3CCOCC3)N3CCOCC3)C2O1. The summed E-state index contributed by atoms with van der Waals surface area (Å²) in [6, 6.07) is 0. The van der Waals surface area contributed by atoms with Gasteiger partial charge < -0.3 is 37.3 Å². The first-order valence-electron chi connectivity index (χ1n) is 11.5. The van der Waals surface area contributed by atoms with Crippen molar-refractivity contribution in [3.05, 3.63) is 0 Å². The second-order valence-corrected chi connectivity index (χ2v) is 15.5. The van der Waals surface area contributed by atoms with Crippen molar-refractivity contribution in [3.8, 4) is 0 Å². The van der Waals surface area contributed by atoms with E-state index in [1.165, 1.54) is 0 Å². The highest BCUT2D eigenvalue weighted by Gasteiger charge is 2.48. The summed E-state index contributed by atoms with van der Waals surface area (Å²) in [5.74, 6) is 0. The number of fused-ring (bicyclic) bond motifs is 1. The third kappa shape index (κ3) is 5.74. The number of ether oxygens (including phenoxy) is 5. The molecule has 0 radical (unpaired) electrons. The van der Waals surface area contributed by atoms with E-state index in [0.717, 1.165) is 26.2 Å². The molecule has 4 unspecified atom stereocenters. The Morgan fingerprint density at radius 3 is 2.03 bits per heavy atom. The second kappa shape index (κ2) is 11.5. The molecule has 5 aliphatic rings. The molecule has 4 atom stereocenters. The van der Waals surface area contributed by atoms with Crippen molar-refractivity contribution in [2.24, 2.45) is 0 Å². The van der Waals surface area contributed by atoms with Gasteiger partial charge in [0.05, 0.1) is 52.9 Å². The molecule has 5 fully saturated rings. The Bertz CT molecular complexity index is 730. The lowest BCUT2D eigenvalue weighted by molar-refractivity contribution is -0.246. The molecule has 0 aliphatic carbocycles. The zero-order valence-electron chi connectivity index (χ0n) is 18.7. The van der Waals surface area contributed by atoms with Gasteiger partial charge in [0.25, 0.3) is 6.64 Å². The van der Waals surface area contributed by atoms with Gasteiger partial charge in [-0.2, -0.15) is 0 Å². The van der Waals surface area contributed by atoms with Crippen LogP contribution in [0, 0.1) is 0 Å². The average Bonchev–Trinajstić information content (AvgIpc) is 2.89. The topological polar surface area (TPSA) is 83.6 Å². The molecule has 0 bridgehead atoms. The van der Waals surface area contributed by atoms with Crippen LogP contribution in [-0.2, 0) is 60.9 Å². The van der Waals surface area contributed by atoms with Crippen LogP contribution in [0.2, 0.25) is 0 Å². The number of morpholine rings is 3. The first-order valence-corrected chi connectivity index (χ1v) is 16.7. The van der Waals surface area contributed by atoms with Crippen LogP contribution in [0.25, 0.3) is 0 Å². The van der Waals surface area contributed by atoms with E-state index >= 15 is 0 Å². The summed E-state index contributed by atoms with van der Waals surface area (Å²) in [6.45, 7) is 4.12. The largest absolute Gasteiger partial charge is 0.379 e. The summed E-state index contributed by atoms with van der Waals surface area (Å²) in [7, 11) is 0. The molecular weight excluding hydrogens is 512 g/mol. The van der Waals surface area contributed by atoms with Crippen LogP contribution in [0.1, 0.15) is 0 Å². The summed E-state index contributed by atoms with van der Waals surface area (Å²) >= 11 is 12.1. The van der Waals surface area contributed by atoms with Crippen molar-refractivity contribution in [1.29, 1.82) is 0 Å². The van der Waals surface area contributed by atoms with Gasteiger partial charge in [-0.1, -0.05) is 0 Å². The molecule has 0 N–H and O–H groups in total. The van der Waals surface area contributed by atoms with Gasteiger partial charge in [-0.3, -0.25) is 0 Å². The predicted molar refractivity (Wildman–Crippen MR) is 127 cm³/mol. The van der Waals surface area contributed by atoms with E-state index in [9.17, 15) is 0 Å². The smallest absolute Gasteiger partial charge is 0.264 e. The Morgan fingerprint density at radius 1 is 0.848 bits per heavy atom. The number of hydrogen-bond donors (Lipinski definition) is 0. The second-order valence-electron chi connectivity index (χ2n) is 8.35. The van der Waals surface area contributed by atoms with Crippen LogP contribution < -0.4 is 0 Å². The van der Waals surface area contributed by atoms with Crippen LogP contribution in [-0.4, -0.2) is 131 Å². The standard InChI is InChI=1S/C18H33N3O8P2S2/c32-30(19-1-7-22-8-2-19,20-3-9-23-10-4-20)27-13-16-18-17(26-15-25-16)14-28-31(33,29-18)21-5-11-24-12-6-21/h16-18H,1-15H2. The lowest BCUT2D eigenvalue weighted by Crippen LogP contribution is -2.55. The Kier molecular flexibility index (Phi) is 8.89. The molecule has 0 aromatic rings. The summed E-state index contributed by atoms with van der Waals surface area (Å²) < 4.78 is 54.1. The van der Waals surface area contributed by atoms with Crippen LogP contribution in [0.5, 0.6) is 0 Å². The molecular formula is C18H33N3O8P2S2. The van der Waals surface area contributed by atoms with E-state index < -0.39 is 13.2 Å². The molecule has 33 heavy (non-hydrogen) atoms. The monoisotopic (exact) mass is 545 g/mol. The van der Waals surface area contributed by atoms with E-state index in [2.05, 4.69) is 14.0 Å². The van der Waals surface area contributed by atoms with Crippen molar-refractivity contribution in [3.63, 3.8) is 0 Å². The molecule has 0 saturated carbocycles. The Labute approximate surface area is 205 Å². The van der Waals surface area contributed by atoms with Crippen LogP contribution in [0.4, 0.5) is 0 Å². The first-order chi connectivity index (χ1) is 16.1. The lowest BCUT2D eigenvalue weighted by atomic mass is 10.1. The summed E-state index contributed by atoms with van der Waals surface area (Å²) in [6.07, 6.45) is -0.937. The van der Waals surface area contributed by atoms with Crippen LogP contribution >= 0.6 is 13.2 Å². The van der Waals surface area contributed by atoms with Gasteiger partial charge >= 0.3 is 0 Å². The minimum atomic E-state index is -2.63. The van der Waals surface area contributed by atoms with Crippen LogP contribution in [0.3, 0.4) is 0 Å². The fourth-order valence-electron chi connectivity index (χ4n) is 4.49. The van der Waals surface area contributed by atoms with Gasteiger partial charge in [0.2, 0.25) is 6.57 Å². The zero-order valence-corrected chi connectivity index (χ0v) is 22.1. The Balaban J connectivity index is 1.29. The first kappa shape index (κ1) is 25.5. The molecule has 5 aliphatic heterocycles. The molecule has 0 spiro atoms. The third-order valence-corrected chi connectivity index (χ3v) is 14.1. The van der Waals surface area contributed by atoms with Gasteiger partial charge in [0, 0.05) is 39.3 Å². The highest BCUT2D eigenvalue weighted by Crippen LogP contribution is 2.59. The van der Waals surface area contributed by atoms with Crippen LogP contribution in [0.15, 0.2) is 0 Å². The molecule has 5 heterocycles. The fourth-order valence-corrected chi connectivity index (χ4v) is 10.9. The van der Waals surface area contributed by atoms with Gasteiger partial charge in [-0.25, -0.2) is 14.0 Å². The van der Waals surface area contributed by atoms with Gasteiger partial charge in [0.1, 0.15) is 25.1 Å². The molecule has 0 amide bonds. The third-order valence-electron chi connectivity index (χ3n) is 6.38. The van der Waals surface area contributed by atoms with Crippen molar-refractivity contribution >= 4 is 36.8 Å². The molecule has 5 rings (SSSR count). The number of nitrogens with zero attached hydrogens (tertiary/aromatic N) is 3. The van der Waals surface area contributed by atoms with Crippen molar-refractivity contribution < 1.29 is 37.3 Å². The van der Waals surface area contributed by atoms with Crippen molar-refractivity contribution in [1.82, 2.24) is 14.0 Å². The summed E-state index contributed by atoms with van der Waals surface area (Å²) in [5.41, 5.74) is 0. The molecule has 11 nitrogen and oxygen atoms in total. The van der Waals surface area contributed by atoms with Gasteiger partial charge in [-0.15, -0.1) is 0 Å². The van der Waals surface area contributed by atoms with Crippen molar-refractivity contribution in [2.45, 2.75) is 18.3 Å². The molecule has 5 saturated heterocycles. The maximum Gasteiger partial charge on any atom is 0.264 e. The molecule has 0 aromatic heterocycles. The average molecular weight is 546 g/mol. The Morgan fingerprint density at radius 2 is 1.42 bits per heavy atom. The van der Waals surface area contributed by atoms with E-state index in [1.54, 1.807) is 0 Å². The minimum Gasteiger partial charge on any atom is -0.379 e. The van der Waals surface area contributed by atoms with Crippen molar-refractivity contribution in [2.75, 3.05) is 98.9 Å². The molecule has 15 heteroatoms. The lowest BCUT2D eigenvalue weighted by Gasteiger charge is -2.48. The van der Waals surface area contributed by atoms with E-state index in [0.29, 0.717) is 65.9 Å². The summed E-state index contributed by atoms with van der Waals surface area (Å²) in [5, 5.41) is 0. The highest BCUT2D eigenvalue weighted by molar-refractivity contribution is 8.10. The van der Waals surface area contributed by atoms with Gasteiger partial charge in [0.15, 0.2) is 0 Å².